The Morgan fingerprint density at radius 1 is 1.03 bits per heavy atom. The van der Waals surface area contributed by atoms with Gasteiger partial charge in [-0.15, -0.1) is 0 Å². The number of fused-ring (bicyclic) bond motifs is 4. The van der Waals surface area contributed by atoms with Crippen LogP contribution >= 0.6 is 0 Å². The lowest BCUT2D eigenvalue weighted by Gasteiger charge is -2.45. The number of nitrogens with one attached hydrogen (secondary N) is 1. The maximum Gasteiger partial charge on any atom is 0.254 e. The SMILES string of the molecule is COc1cc2c(cc1OC)C(C(=O)NC1CCCC1)C1c3ccccc3CCN1C2=O. The number of carbonyl (C=O) groups excluding carboxylic acids is 2. The molecule has 2 aliphatic heterocycles. The molecule has 3 aliphatic rings. The number of ether oxygens (including phenoxy) is 2. The average Bonchev–Trinajstić information content (AvgIpc) is 3.31. The first kappa shape index (κ1) is 19.9. The summed E-state index contributed by atoms with van der Waals surface area (Å²) in [7, 11) is 3.13. The summed E-state index contributed by atoms with van der Waals surface area (Å²) in [4.78, 5) is 29.1. The van der Waals surface area contributed by atoms with Crippen LogP contribution in [0.3, 0.4) is 0 Å². The van der Waals surface area contributed by atoms with E-state index < -0.39 is 5.92 Å². The van der Waals surface area contributed by atoms with E-state index in [1.165, 1.54) is 5.56 Å². The second-order valence-electron chi connectivity index (χ2n) is 8.65. The third-order valence-corrected chi connectivity index (χ3v) is 7.01. The third kappa shape index (κ3) is 3.25. The number of hydrogen-bond donors (Lipinski definition) is 1. The van der Waals surface area contributed by atoms with Crippen molar-refractivity contribution in [1.82, 2.24) is 10.2 Å². The summed E-state index contributed by atoms with van der Waals surface area (Å²) in [6.07, 6.45) is 5.11. The zero-order valence-electron chi connectivity index (χ0n) is 18.0. The van der Waals surface area contributed by atoms with E-state index in [4.69, 9.17) is 9.47 Å². The van der Waals surface area contributed by atoms with E-state index in [0.717, 1.165) is 43.2 Å². The van der Waals surface area contributed by atoms with E-state index in [1.54, 1.807) is 20.3 Å². The Morgan fingerprint density at radius 3 is 2.48 bits per heavy atom. The molecule has 2 heterocycles. The summed E-state index contributed by atoms with van der Waals surface area (Å²) in [6.45, 7) is 0.599. The smallest absolute Gasteiger partial charge is 0.254 e. The summed E-state index contributed by atoms with van der Waals surface area (Å²) in [6, 6.07) is 11.6. The van der Waals surface area contributed by atoms with Crippen LogP contribution in [0.4, 0.5) is 0 Å². The summed E-state index contributed by atoms with van der Waals surface area (Å²) >= 11 is 0. The van der Waals surface area contributed by atoms with Gasteiger partial charge in [-0.1, -0.05) is 37.1 Å². The maximum atomic E-state index is 13.7. The number of carbonyl (C=O) groups is 2. The molecule has 1 N–H and O–H groups in total. The fourth-order valence-electron chi connectivity index (χ4n) is 5.49. The number of hydrogen-bond acceptors (Lipinski definition) is 4. The van der Waals surface area contributed by atoms with Gasteiger partial charge in [0.1, 0.15) is 0 Å². The van der Waals surface area contributed by atoms with E-state index in [9.17, 15) is 9.59 Å². The zero-order valence-corrected chi connectivity index (χ0v) is 18.0. The highest BCUT2D eigenvalue weighted by Crippen LogP contribution is 2.48. The number of methoxy groups -OCH3 is 2. The average molecular weight is 421 g/mol. The first-order valence-electron chi connectivity index (χ1n) is 11.1. The topological polar surface area (TPSA) is 67.9 Å². The van der Waals surface area contributed by atoms with E-state index in [1.807, 2.05) is 23.1 Å². The van der Waals surface area contributed by atoms with Gasteiger partial charge in [-0.05, 0) is 48.1 Å². The number of benzene rings is 2. The van der Waals surface area contributed by atoms with Gasteiger partial charge in [0.25, 0.3) is 5.91 Å². The van der Waals surface area contributed by atoms with Gasteiger partial charge in [-0.3, -0.25) is 9.59 Å². The zero-order chi connectivity index (χ0) is 21.5. The molecule has 5 rings (SSSR count). The van der Waals surface area contributed by atoms with Crippen molar-refractivity contribution in [1.29, 1.82) is 0 Å². The van der Waals surface area contributed by atoms with Gasteiger partial charge in [0.2, 0.25) is 5.91 Å². The summed E-state index contributed by atoms with van der Waals surface area (Å²) in [5, 5.41) is 3.29. The Hall–Kier alpha value is -3.02. The molecule has 0 bridgehead atoms. The monoisotopic (exact) mass is 420 g/mol. The lowest BCUT2D eigenvalue weighted by atomic mass is 9.75. The maximum absolute atomic E-state index is 13.7. The molecule has 6 heteroatoms. The normalized spacial score (nSPS) is 22.4. The van der Waals surface area contributed by atoms with Crippen molar-refractivity contribution in [3.8, 4) is 11.5 Å². The summed E-state index contributed by atoms with van der Waals surface area (Å²) in [5.41, 5.74) is 3.52. The van der Waals surface area contributed by atoms with Crippen LogP contribution in [0.2, 0.25) is 0 Å². The van der Waals surface area contributed by atoms with Crippen LogP contribution in [0.5, 0.6) is 11.5 Å². The largest absolute Gasteiger partial charge is 0.493 e. The van der Waals surface area contributed by atoms with Crippen LogP contribution in [0.1, 0.15) is 64.7 Å². The molecule has 0 spiro atoms. The van der Waals surface area contributed by atoms with Crippen molar-refractivity contribution < 1.29 is 19.1 Å². The summed E-state index contributed by atoms with van der Waals surface area (Å²) in [5.74, 6) is 0.472. The van der Waals surface area contributed by atoms with Crippen LogP contribution in [0, 0.1) is 0 Å². The highest BCUT2D eigenvalue weighted by Gasteiger charge is 2.47. The number of amides is 2. The van der Waals surface area contributed by atoms with Crippen molar-refractivity contribution in [2.75, 3.05) is 20.8 Å². The predicted molar refractivity (Wildman–Crippen MR) is 117 cm³/mol. The molecule has 162 valence electrons. The minimum Gasteiger partial charge on any atom is -0.493 e. The van der Waals surface area contributed by atoms with Crippen LogP contribution in [-0.2, 0) is 11.2 Å². The van der Waals surface area contributed by atoms with Gasteiger partial charge in [0, 0.05) is 18.2 Å². The van der Waals surface area contributed by atoms with Crippen molar-refractivity contribution >= 4 is 11.8 Å². The quantitative estimate of drug-likeness (QED) is 0.821. The molecule has 6 nitrogen and oxygen atoms in total. The molecule has 1 aliphatic carbocycles. The molecular formula is C25H28N2O4. The van der Waals surface area contributed by atoms with Gasteiger partial charge in [0.15, 0.2) is 11.5 Å². The molecule has 0 saturated heterocycles. The Labute approximate surface area is 182 Å². The fraction of sp³-hybridized carbons (Fsp3) is 0.440. The van der Waals surface area contributed by atoms with E-state index in [0.29, 0.717) is 23.6 Å². The van der Waals surface area contributed by atoms with Gasteiger partial charge in [0.05, 0.1) is 26.2 Å². The van der Waals surface area contributed by atoms with Crippen molar-refractivity contribution in [2.45, 2.75) is 50.1 Å². The minimum absolute atomic E-state index is 0.0143. The molecule has 2 atom stereocenters. The number of rotatable bonds is 4. The molecule has 2 unspecified atom stereocenters. The highest BCUT2D eigenvalue weighted by molar-refractivity contribution is 6.02. The van der Waals surface area contributed by atoms with Crippen LogP contribution in [0.25, 0.3) is 0 Å². The van der Waals surface area contributed by atoms with Crippen LogP contribution < -0.4 is 14.8 Å². The Kier molecular flexibility index (Phi) is 5.08. The lowest BCUT2D eigenvalue weighted by Crippen LogP contribution is -2.51. The molecule has 1 fully saturated rings. The molecule has 2 aromatic carbocycles. The number of nitrogens with zero attached hydrogens (tertiary/aromatic N) is 1. The fourth-order valence-corrected chi connectivity index (χ4v) is 5.49. The molecule has 2 aromatic rings. The molecule has 0 radical (unpaired) electrons. The Balaban J connectivity index is 1.66. The van der Waals surface area contributed by atoms with Gasteiger partial charge in [-0.25, -0.2) is 0 Å². The predicted octanol–water partition coefficient (Wildman–Crippen LogP) is 3.60. The second kappa shape index (κ2) is 7.91. The molecule has 2 amide bonds. The second-order valence-corrected chi connectivity index (χ2v) is 8.65. The first-order chi connectivity index (χ1) is 15.1. The van der Waals surface area contributed by atoms with Crippen molar-refractivity contribution in [3.63, 3.8) is 0 Å². The molecule has 1 saturated carbocycles. The van der Waals surface area contributed by atoms with E-state index in [-0.39, 0.29) is 23.9 Å². The van der Waals surface area contributed by atoms with Crippen molar-refractivity contribution in [2.24, 2.45) is 0 Å². The summed E-state index contributed by atoms with van der Waals surface area (Å²) < 4.78 is 11.0. The standard InChI is InChI=1S/C25H28N2O4/c1-30-20-13-18-19(14-21(20)31-2)25(29)27-12-11-15-7-3-6-10-17(15)23(27)22(18)24(28)26-16-8-4-5-9-16/h3,6-7,10,13-14,16,22-23H,4-5,8-9,11-12H2,1-2H3,(H,26,28). The highest BCUT2D eigenvalue weighted by atomic mass is 16.5. The van der Waals surface area contributed by atoms with Gasteiger partial charge in [-0.2, -0.15) is 0 Å². The molecule has 0 aromatic heterocycles. The third-order valence-electron chi connectivity index (χ3n) is 7.01. The first-order valence-corrected chi connectivity index (χ1v) is 11.1. The van der Waals surface area contributed by atoms with E-state index >= 15 is 0 Å². The van der Waals surface area contributed by atoms with Crippen molar-refractivity contribution in [3.05, 3.63) is 58.7 Å². The van der Waals surface area contributed by atoms with Gasteiger partial charge < -0.3 is 19.7 Å². The Morgan fingerprint density at radius 2 is 1.74 bits per heavy atom. The lowest BCUT2D eigenvalue weighted by molar-refractivity contribution is -0.125. The molecular weight excluding hydrogens is 392 g/mol. The van der Waals surface area contributed by atoms with Gasteiger partial charge >= 0.3 is 0 Å². The van der Waals surface area contributed by atoms with Crippen LogP contribution in [0.15, 0.2) is 36.4 Å². The van der Waals surface area contributed by atoms with Crippen LogP contribution in [-0.4, -0.2) is 43.5 Å². The Bertz CT molecular complexity index is 1030. The van der Waals surface area contributed by atoms with E-state index in [2.05, 4.69) is 17.4 Å². The minimum atomic E-state index is -0.491. The molecule has 31 heavy (non-hydrogen) atoms.